The van der Waals surface area contributed by atoms with Crippen LogP contribution in [0.5, 0.6) is 0 Å². The number of H-pyrrole nitrogens is 1. The molecule has 1 N–H and O–H groups in total. The van der Waals surface area contributed by atoms with Crippen molar-refractivity contribution in [2.75, 3.05) is 0 Å². The lowest BCUT2D eigenvalue weighted by Gasteiger charge is -2.06. The predicted molar refractivity (Wildman–Crippen MR) is 127 cm³/mol. The summed E-state index contributed by atoms with van der Waals surface area (Å²) in [5, 5.41) is 5.36. The summed E-state index contributed by atoms with van der Waals surface area (Å²) in [6.45, 7) is 5.11. The van der Waals surface area contributed by atoms with Gasteiger partial charge in [-0.1, -0.05) is 86.9 Å². The first-order valence-corrected chi connectivity index (χ1v) is 12.1. The molecule has 162 valence electrons. The molecule has 0 aliphatic rings. The summed E-state index contributed by atoms with van der Waals surface area (Å²) in [6.07, 6.45) is 11.5. The second-order valence-corrected chi connectivity index (χ2v) is 8.93. The molecule has 6 heteroatoms. The Labute approximate surface area is 187 Å². The highest BCUT2D eigenvalue weighted by atomic mass is 79.9. The molecule has 2 heterocycles. The second kappa shape index (κ2) is 11.4. The number of fused-ring (bicyclic) bond motifs is 1. The minimum absolute atomic E-state index is 0.0777. The molecule has 0 unspecified atom stereocenters. The number of aromatic amines is 1. The zero-order valence-corrected chi connectivity index (χ0v) is 19.8. The van der Waals surface area contributed by atoms with Crippen LogP contribution in [-0.2, 0) is 19.4 Å². The Morgan fingerprint density at radius 3 is 2.30 bits per heavy atom. The Morgan fingerprint density at radius 2 is 1.63 bits per heavy atom. The van der Waals surface area contributed by atoms with Gasteiger partial charge in [0.05, 0.1) is 5.69 Å². The minimum Gasteiger partial charge on any atom is -0.310 e. The molecule has 1 aromatic carbocycles. The van der Waals surface area contributed by atoms with E-state index in [-0.39, 0.29) is 5.56 Å². The van der Waals surface area contributed by atoms with Crippen molar-refractivity contribution in [3.8, 4) is 0 Å². The monoisotopic (exact) mass is 472 g/mol. The number of nitrogens with one attached hydrogen (secondary N) is 1. The first-order valence-electron chi connectivity index (χ1n) is 11.4. The van der Waals surface area contributed by atoms with E-state index in [1.54, 1.807) is 0 Å². The first kappa shape index (κ1) is 22.7. The van der Waals surface area contributed by atoms with Crippen LogP contribution in [0, 0.1) is 0 Å². The van der Waals surface area contributed by atoms with E-state index in [1.165, 1.54) is 44.9 Å². The van der Waals surface area contributed by atoms with Crippen LogP contribution < -0.4 is 5.56 Å². The zero-order chi connectivity index (χ0) is 21.3. The fourth-order valence-electron chi connectivity index (χ4n) is 3.87. The van der Waals surface area contributed by atoms with Crippen molar-refractivity contribution >= 4 is 27.0 Å². The summed E-state index contributed by atoms with van der Waals surface area (Å²) >= 11 is 3.46. The molecule has 0 fully saturated rings. The van der Waals surface area contributed by atoms with Crippen LogP contribution in [0.2, 0.25) is 0 Å². The Hall–Kier alpha value is -1.95. The van der Waals surface area contributed by atoms with E-state index in [0.29, 0.717) is 17.6 Å². The molecule has 0 atom stereocenters. The Bertz CT molecular complexity index is 991. The van der Waals surface area contributed by atoms with Gasteiger partial charge in [-0.2, -0.15) is 5.10 Å². The molecule has 0 saturated heterocycles. The van der Waals surface area contributed by atoms with Gasteiger partial charge >= 0.3 is 0 Å². The minimum atomic E-state index is -0.0777. The van der Waals surface area contributed by atoms with Gasteiger partial charge in [-0.25, -0.2) is 9.67 Å². The SMILES string of the molecule is CCCCCCCCCCn1nc(CC)c2c(=O)[nH]c(Cc3ccc(Br)cc3)nc21. The van der Waals surface area contributed by atoms with Gasteiger partial charge in [0, 0.05) is 17.4 Å². The van der Waals surface area contributed by atoms with Gasteiger partial charge in [0.25, 0.3) is 5.56 Å². The maximum Gasteiger partial charge on any atom is 0.262 e. The molecule has 3 aromatic rings. The topological polar surface area (TPSA) is 63.6 Å². The van der Waals surface area contributed by atoms with E-state index in [0.717, 1.165) is 40.8 Å². The lowest BCUT2D eigenvalue weighted by molar-refractivity contribution is 0.523. The Kier molecular flexibility index (Phi) is 8.67. The number of rotatable bonds is 12. The van der Waals surface area contributed by atoms with Crippen molar-refractivity contribution in [1.82, 2.24) is 19.7 Å². The predicted octanol–water partition coefficient (Wildman–Crippen LogP) is 6.18. The zero-order valence-electron chi connectivity index (χ0n) is 18.2. The number of benzene rings is 1. The summed E-state index contributed by atoms with van der Waals surface area (Å²) in [5.74, 6) is 0.689. The number of hydrogen-bond acceptors (Lipinski definition) is 3. The smallest absolute Gasteiger partial charge is 0.262 e. The highest BCUT2D eigenvalue weighted by Crippen LogP contribution is 2.17. The van der Waals surface area contributed by atoms with Crippen LogP contribution in [-0.4, -0.2) is 19.7 Å². The fourth-order valence-corrected chi connectivity index (χ4v) is 4.14. The van der Waals surface area contributed by atoms with E-state index in [1.807, 2.05) is 35.9 Å². The molecule has 0 radical (unpaired) electrons. The van der Waals surface area contributed by atoms with Crippen molar-refractivity contribution in [3.63, 3.8) is 0 Å². The molecular formula is C24H33BrN4O. The molecule has 0 spiro atoms. The lowest BCUT2D eigenvalue weighted by atomic mass is 10.1. The number of unbranched alkanes of at least 4 members (excludes halogenated alkanes) is 7. The van der Waals surface area contributed by atoms with Gasteiger partial charge in [0.15, 0.2) is 5.65 Å². The largest absolute Gasteiger partial charge is 0.310 e. The maximum absolute atomic E-state index is 12.8. The van der Waals surface area contributed by atoms with Crippen LogP contribution in [0.25, 0.3) is 11.0 Å². The third kappa shape index (κ3) is 6.03. The lowest BCUT2D eigenvalue weighted by Crippen LogP contribution is -2.13. The molecule has 5 nitrogen and oxygen atoms in total. The second-order valence-electron chi connectivity index (χ2n) is 8.01. The summed E-state index contributed by atoms with van der Waals surface area (Å²) < 4.78 is 2.99. The van der Waals surface area contributed by atoms with Crippen molar-refractivity contribution in [1.29, 1.82) is 0 Å². The Morgan fingerprint density at radius 1 is 0.967 bits per heavy atom. The summed E-state index contributed by atoms with van der Waals surface area (Å²) in [4.78, 5) is 20.6. The molecule has 0 bridgehead atoms. The highest BCUT2D eigenvalue weighted by Gasteiger charge is 2.15. The summed E-state index contributed by atoms with van der Waals surface area (Å²) in [7, 11) is 0. The van der Waals surface area contributed by atoms with Crippen LogP contribution >= 0.6 is 15.9 Å². The van der Waals surface area contributed by atoms with Crippen molar-refractivity contribution in [2.45, 2.75) is 84.6 Å². The summed E-state index contributed by atoms with van der Waals surface area (Å²) in [6, 6.07) is 8.11. The van der Waals surface area contributed by atoms with E-state index >= 15 is 0 Å². The maximum atomic E-state index is 12.8. The third-order valence-electron chi connectivity index (χ3n) is 5.57. The van der Waals surface area contributed by atoms with Crippen molar-refractivity contribution in [2.24, 2.45) is 0 Å². The standard InChI is InChI=1S/C24H33BrN4O/c1-3-5-6-7-8-9-10-11-16-29-23-22(20(4-2)28-29)24(30)27-21(26-23)17-18-12-14-19(25)15-13-18/h12-15H,3-11,16-17H2,1-2H3,(H,26,27,30). The van der Waals surface area contributed by atoms with Gasteiger partial charge in [0.1, 0.15) is 11.2 Å². The molecule has 2 aromatic heterocycles. The van der Waals surface area contributed by atoms with E-state index in [2.05, 4.69) is 27.8 Å². The normalized spacial score (nSPS) is 11.4. The molecular weight excluding hydrogens is 440 g/mol. The molecule has 0 aliphatic carbocycles. The van der Waals surface area contributed by atoms with Gasteiger partial charge in [-0.05, 0) is 30.5 Å². The van der Waals surface area contributed by atoms with Gasteiger partial charge in [-0.15, -0.1) is 0 Å². The first-order chi connectivity index (χ1) is 14.6. The average molecular weight is 473 g/mol. The number of nitrogens with zero attached hydrogens (tertiary/aromatic N) is 3. The highest BCUT2D eigenvalue weighted by molar-refractivity contribution is 9.10. The molecule has 0 saturated carbocycles. The van der Waals surface area contributed by atoms with Gasteiger partial charge in [-0.3, -0.25) is 4.79 Å². The number of halogens is 1. The van der Waals surface area contributed by atoms with E-state index < -0.39 is 0 Å². The molecule has 0 amide bonds. The average Bonchev–Trinajstić information content (AvgIpc) is 3.10. The molecule has 3 rings (SSSR count). The van der Waals surface area contributed by atoms with Crippen LogP contribution in [0.15, 0.2) is 33.5 Å². The van der Waals surface area contributed by atoms with Crippen LogP contribution in [0.1, 0.15) is 82.3 Å². The van der Waals surface area contributed by atoms with Gasteiger partial charge in [0.2, 0.25) is 0 Å². The summed E-state index contributed by atoms with van der Waals surface area (Å²) in [5.41, 5.74) is 2.61. The van der Waals surface area contributed by atoms with Crippen LogP contribution in [0.4, 0.5) is 0 Å². The Balaban J connectivity index is 1.70. The fraction of sp³-hybridized carbons (Fsp3) is 0.542. The van der Waals surface area contributed by atoms with Crippen LogP contribution in [0.3, 0.4) is 0 Å². The molecule has 30 heavy (non-hydrogen) atoms. The van der Waals surface area contributed by atoms with E-state index in [4.69, 9.17) is 10.1 Å². The number of aryl methyl sites for hydroxylation is 2. The number of hydrogen-bond donors (Lipinski definition) is 1. The van der Waals surface area contributed by atoms with Gasteiger partial charge < -0.3 is 4.98 Å². The molecule has 0 aliphatic heterocycles. The van der Waals surface area contributed by atoms with E-state index in [9.17, 15) is 4.79 Å². The quantitative estimate of drug-likeness (QED) is 0.320. The van der Waals surface area contributed by atoms with Crippen molar-refractivity contribution < 1.29 is 0 Å². The van der Waals surface area contributed by atoms with Crippen molar-refractivity contribution in [3.05, 3.63) is 56.2 Å². The third-order valence-corrected chi connectivity index (χ3v) is 6.10. The number of aromatic nitrogens is 4.